The van der Waals surface area contributed by atoms with Crippen LogP contribution in [0.3, 0.4) is 0 Å². The fourth-order valence-electron chi connectivity index (χ4n) is 5.02. The summed E-state index contributed by atoms with van der Waals surface area (Å²) >= 11 is 0. The topological polar surface area (TPSA) is 111 Å². The molecule has 4 rings (SSSR count). The molecule has 0 bridgehead atoms. The van der Waals surface area contributed by atoms with Gasteiger partial charge < -0.3 is 19.9 Å². The second-order valence-corrected chi connectivity index (χ2v) is 8.98. The number of hydrogen-bond acceptors (Lipinski definition) is 7. The number of amides is 2. The molecule has 9 heteroatoms. The molecule has 9 nitrogen and oxygen atoms in total. The zero-order chi connectivity index (χ0) is 22.3. The van der Waals surface area contributed by atoms with Gasteiger partial charge in [-0.05, 0) is 44.6 Å². The van der Waals surface area contributed by atoms with Crippen molar-refractivity contribution in [3.8, 4) is 12.1 Å². The van der Waals surface area contributed by atoms with Gasteiger partial charge in [0.05, 0.1) is 12.6 Å². The Morgan fingerprint density at radius 1 is 1.06 bits per heavy atom. The number of piperidine rings is 1. The van der Waals surface area contributed by atoms with Gasteiger partial charge in [0.2, 0.25) is 11.8 Å². The van der Waals surface area contributed by atoms with E-state index in [0.717, 1.165) is 51.4 Å². The van der Waals surface area contributed by atoms with Crippen molar-refractivity contribution in [2.45, 2.75) is 69.6 Å². The number of carbonyl (C=O) groups excluding carboxylic acids is 2. The van der Waals surface area contributed by atoms with Crippen molar-refractivity contribution >= 4 is 11.8 Å². The van der Waals surface area contributed by atoms with Crippen LogP contribution in [0.1, 0.15) is 51.4 Å². The van der Waals surface area contributed by atoms with Crippen LogP contribution in [0.2, 0.25) is 0 Å². The lowest BCUT2D eigenvalue weighted by atomic mass is 9.84. The Bertz CT molecular complexity index is 813. The average Bonchev–Trinajstić information content (AvgIpc) is 3.33. The predicted molar refractivity (Wildman–Crippen MR) is 116 cm³/mol. The lowest BCUT2D eigenvalue weighted by Crippen LogP contribution is -2.47. The highest BCUT2D eigenvalue weighted by Crippen LogP contribution is 2.28. The maximum atomic E-state index is 13.0. The first kappa shape index (κ1) is 22.5. The van der Waals surface area contributed by atoms with E-state index in [2.05, 4.69) is 21.4 Å². The first-order valence-corrected chi connectivity index (χ1v) is 11.8. The van der Waals surface area contributed by atoms with E-state index in [0.29, 0.717) is 25.6 Å². The predicted octanol–water partition coefficient (Wildman–Crippen LogP) is 1.51. The summed E-state index contributed by atoms with van der Waals surface area (Å²) in [7, 11) is 0. The van der Waals surface area contributed by atoms with Crippen LogP contribution < -0.4 is 10.1 Å². The second-order valence-electron chi connectivity index (χ2n) is 8.98. The van der Waals surface area contributed by atoms with Gasteiger partial charge in [0, 0.05) is 56.8 Å². The smallest absolute Gasteiger partial charge is 0.316 e. The van der Waals surface area contributed by atoms with Crippen LogP contribution in [0, 0.1) is 17.2 Å². The van der Waals surface area contributed by atoms with Crippen LogP contribution in [0.5, 0.6) is 6.01 Å². The number of carbonyl (C=O) groups is 2. The minimum absolute atomic E-state index is 0.0123. The van der Waals surface area contributed by atoms with Gasteiger partial charge in [-0.1, -0.05) is 0 Å². The van der Waals surface area contributed by atoms with Crippen LogP contribution in [0.15, 0.2) is 18.5 Å². The quantitative estimate of drug-likeness (QED) is 0.714. The van der Waals surface area contributed by atoms with E-state index >= 15 is 0 Å². The summed E-state index contributed by atoms with van der Waals surface area (Å²) in [4.78, 5) is 37.3. The Hall–Kier alpha value is -2.73. The van der Waals surface area contributed by atoms with Gasteiger partial charge >= 0.3 is 6.01 Å². The van der Waals surface area contributed by atoms with Crippen molar-refractivity contribution in [1.29, 1.82) is 5.26 Å². The molecule has 172 valence electrons. The molecule has 3 fully saturated rings. The molecule has 1 aliphatic carbocycles. The van der Waals surface area contributed by atoms with E-state index < -0.39 is 0 Å². The van der Waals surface area contributed by atoms with E-state index in [1.165, 1.54) is 0 Å². The molecular formula is C23H32N6O3. The standard InChI is InChI=1S/C23H32N6O3/c24-15-19-3-1-12-29(19)21(30)16-27-18-6-4-17(5-7-18)22(31)28-13-8-20(9-14-28)32-23-25-10-2-11-26-23/h2,10-11,17-20,27H,1,3-9,12-14,16H2/t17?,18?,19-/m0/s1. The maximum absolute atomic E-state index is 13.0. The summed E-state index contributed by atoms with van der Waals surface area (Å²) in [6, 6.07) is 4.36. The van der Waals surface area contributed by atoms with E-state index in [4.69, 9.17) is 10.00 Å². The number of nitrogens with zero attached hydrogens (tertiary/aromatic N) is 5. The highest BCUT2D eigenvalue weighted by molar-refractivity contribution is 5.80. The van der Waals surface area contributed by atoms with Crippen LogP contribution in [-0.2, 0) is 9.59 Å². The van der Waals surface area contributed by atoms with Gasteiger partial charge in [0.15, 0.2) is 0 Å². The summed E-state index contributed by atoms with van der Waals surface area (Å²) < 4.78 is 5.82. The minimum Gasteiger partial charge on any atom is -0.460 e. The van der Waals surface area contributed by atoms with E-state index in [1.807, 2.05) is 4.90 Å². The number of likely N-dealkylation sites (tertiary alicyclic amines) is 2. The normalized spacial score (nSPS) is 26.5. The SMILES string of the molecule is N#C[C@@H]1CCCN1C(=O)CNC1CCC(C(=O)N2CCC(Oc3ncccn3)CC2)CC1. The van der Waals surface area contributed by atoms with Gasteiger partial charge in [0.25, 0.3) is 0 Å². The second kappa shape index (κ2) is 10.7. The molecule has 2 amide bonds. The first-order valence-electron chi connectivity index (χ1n) is 11.8. The van der Waals surface area contributed by atoms with Crippen LogP contribution in [-0.4, -0.2) is 75.9 Å². The van der Waals surface area contributed by atoms with E-state index in [1.54, 1.807) is 23.4 Å². The first-order chi connectivity index (χ1) is 15.6. The molecule has 3 heterocycles. The highest BCUT2D eigenvalue weighted by Gasteiger charge is 2.33. The Morgan fingerprint density at radius 3 is 2.47 bits per heavy atom. The van der Waals surface area contributed by atoms with Crippen molar-refractivity contribution in [1.82, 2.24) is 25.1 Å². The molecule has 1 saturated carbocycles. The molecule has 1 aromatic heterocycles. The summed E-state index contributed by atoms with van der Waals surface area (Å²) in [5.41, 5.74) is 0. The molecule has 3 aliphatic rings. The largest absolute Gasteiger partial charge is 0.460 e. The molecule has 0 radical (unpaired) electrons. The molecule has 1 aromatic rings. The number of nitriles is 1. The number of hydrogen-bond donors (Lipinski definition) is 1. The monoisotopic (exact) mass is 440 g/mol. The molecule has 32 heavy (non-hydrogen) atoms. The number of rotatable bonds is 6. The third-order valence-electron chi connectivity index (χ3n) is 6.91. The van der Waals surface area contributed by atoms with Gasteiger partial charge in [-0.25, -0.2) is 9.97 Å². The summed E-state index contributed by atoms with van der Waals surface area (Å²) in [6.45, 7) is 2.37. The molecule has 2 aliphatic heterocycles. The van der Waals surface area contributed by atoms with Crippen molar-refractivity contribution in [3.05, 3.63) is 18.5 Å². The lowest BCUT2D eigenvalue weighted by Gasteiger charge is -2.36. The molecular weight excluding hydrogens is 408 g/mol. The zero-order valence-corrected chi connectivity index (χ0v) is 18.5. The summed E-state index contributed by atoms with van der Waals surface area (Å²) in [5, 5.41) is 12.5. The van der Waals surface area contributed by atoms with Gasteiger partial charge in [0.1, 0.15) is 12.1 Å². The van der Waals surface area contributed by atoms with E-state index in [-0.39, 0.29) is 42.5 Å². The maximum Gasteiger partial charge on any atom is 0.316 e. The van der Waals surface area contributed by atoms with Crippen LogP contribution >= 0.6 is 0 Å². The van der Waals surface area contributed by atoms with Gasteiger partial charge in [-0.2, -0.15) is 5.26 Å². The number of aromatic nitrogens is 2. The Balaban J connectivity index is 1.15. The zero-order valence-electron chi connectivity index (χ0n) is 18.5. The Kier molecular flexibility index (Phi) is 7.53. The van der Waals surface area contributed by atoms with Crippen LogP contribution in [0.25, 0.3) is 0 Å². The van der Waals surface area contributed by atoms with Crippen molar-refractivity contribution in [3.63, 3.8) is 0 Å². The van der Waals surface area contributed by atoms with Crippen molar-refractivity contribution < 1.29 is 14.3 Å². The third-order valence-corrected chi connectivity index (χ3v) is 6.91. The fourth-order valence-corrected chi connectivity index (χ4v) is 5.02. The van der Waals surface area contributed by atoms with Gasteiger partial charge in [-0.15, -0.1) is 0 Å². The molecule has 0 unspecified atom stereocenters. The third kappa shape index (κ3) is 5.54. The molecule has 1 N–H and O–H groups in total. The minimum atomic E-state index is -0.271. The van der Waals surface area contributed by atoms with Gasteiger partial charge in [-0.3, -0.25) is 9.59 Å². The fraction of sp³-hybridized carbons (Fsp3) is 0.696. The molecule has 0 aromatic carbocycles. The van der Waals surface area contributed by atoms with Crippen molar-refractivity contribution in [2.24, 2.45) is 5.92 Å². The lowest BCUT2D eigenvalue weighted by molar-refractivity contribution is -0.138. The summed E-state index contributed by atoms with van der Waals surface area (Å²) in [5.74, 6) is 0.335. The summed E-state index contributed by atoms with van der Waals surface area (Å²) in [6.07, 6.45) is 10.1. The van der Waals surface area contributed by atoms with Crippen LogP contribution in [0.4, 0.5) is 0 Å². The Morgan fingerprint density at radius 2 is 1.78 bits per heavy atom. The molecule has 0 spiro atoms. The Labute approximate surface area is 189 Å². The van der Waals surface area contributed by atoms with E-state index in [9.17, 15) is 9.59 Å². The number of nitrogens with one attached hydrogen (secondary N) is 1. The average molecular weight is 441 g/mol. The highest BCUT2D eigenvalue weighted by atomic mass is 16.5. The molecule has 2 saturated heterocycles. The van der Waals surface area contributed by atoms with Crippen molar-refractivity contribution in [2.75, 3.05) is 26.2 Å². The molecule has 1 atom stereocenters. The number of ether oxygens (including phenoxy) is 1.